The van der Waals surface area contributed by atoms with Gasteiger partial charge in [0, 0.05) is 30.0 Å². The zero-order chi connectivity index (χ0) is 21.5. The Hall–Kier alpha value is -2.88. The van der Waals surface area contributed by atoms with Crippen molar-refractivity contribution < 1.29 is 14.3 Å². The second-order valence-corrected chi connectivity index (χ2v) is 9.05. The number of anilines is 1. The number of ether oxygens (including phenoxy) is 1. The number of hydrogen-bond donors (Lipinski definition) is 0. The molecule has 1 aliphatic carbocycles. The van der Waals surface area contributed by atoms with Gasteiger partial charge in [0.05, 0.1) is 12.8 Å². The van der Waals surface area contributed by atoms with Gasteiger partial charge in [-0.25, -0.2) is 0 Å². The molecule has 0 saturated heterocycles. The molecule has 4 rings (SSSR count). The van der Waals surface area contributed by atoms with Crippen molar-refractivity contribution in [3.63, 3.8) is 0 Å². The quantitative estimate of drug-likeness (QED) is 0.685. The van der Waals surface area contributed by atoms with Gasteiger partial charge in [-0.15, -0.1) is 0 Å². The number of amides is 1. The summed E-state index contributed by atoms with van der Waals surface area (Å²) in [7, 11) is 1.63. The molecule has 1 amide bonds. The molecule has 1 heterocycles. The Balaban J connectivity index is 1.91. The first kappa shape index (κ1) is 20.4. The Labute approximate surface area is 178 Å². The summed E-state index contributed by atoms with van der Waals surface area (Å²) < 4.78 is 5.39. The predicted octanol–water partition coefficient (Wildman–Crippen LogP) is 5.42. The lowest BCUT2D eigenvalue weighted by molar-refractivity contribution is -0.121. The minimum absolute atomic E-state index is 0.0490. The van der Waals surface area contributed by atoms with Crippen molar-refractivity contribution in [1.29, 1.82) is 0 Å². The third-order valence-electron chi connectivity index (χ3n) is 6.25. The van der Waals surface area contributed by atoms with Crippen LogP contribution < -0.4 is 9.64 Å². The number of hydrogen-bond acceptors (Lipinski definition) is 3. The van der Waals surface area contributed by atoms with E-state index in [-0.39, 0.29) is 29.4 Å². The van der Waals surface area contributed by atoms with Crippen molar-refractivity contribution in [2.24, 2.45) is 5.41 Å². The first-order valence-electron chi connectivity index (χ1n) is 10.7. The zero-order valence-corrected chi connectivity index (χ0v) is 18.2. The van der Waals surface area contributed by atoms with Crippen LogP contribution in [0.2, 0.25) is 0 Å². The molecule has 2 aromatic rings. The van der Waals surface area contributed by atoms with Gasteiger partial charge in [-0.3, -0.25) is 14.5 Å². The van der Waals surface area contributed by atoms with Crippen LogP contribution in [0.25, 0.3) is 0 Å². The SMILES string of the molecule is CCc1ccccc1N1C(=O)CC(c2cccc(OC)c2)C2=C1CC(C)(C)CC2=O. The summed E-state index contributed by atoms with van der Waals surface area (Å²) in [4.78, 5) is 28.8. The summed E-state index contributed by atoms with van der Waals surface area (Å²) in [6.07, 6.45) is 2.33. The first-order valence-corrected chi connectivity index (χ1v) is 10.7. The van der Waals surface area contributed by atoms with Crippen LogP contribution in [0.5, 0.6) is 5.75 Å². The van der Waals surface area contributed by atoms with Crippen molar-refractivity contribution in [1.82, 2.24) is 0 Å². The molecule has 0 N–H and O–H groups in total. The van der Waals surface area contributed by atoms with Crippen molar-refractivity contribution in [2.45, 2.75) is 52.4 Å². The molecule has 0 aromatic heterocycles. The number of nitrogens with zero attached hydrogens (tertiary/aromatic N) is 1. The third kappa shape index (κ3) is 3.55. The number of carbonyl (C=O) groups is 2. The van der Waals surface area contributed by atoms with E-state index in [2.05, 4.69) is 26.8 Å². The molecular weight excluding hydrogens is 374 g/mol. The van der Waals surface area contributed by atoms with Gasteiger partial charge in [0.2, 0.25) is 5.91 Å². The highest BCUT2D eigenvalue weighted by Gasteiger charge is 2.44. The fraction of sp³-hybridized carbons (Fsp3) is 0.385. The number of rotatable bonds is 4. The average molecular weight is 404 g/mol. The molecule has 0 spiro atoms. The van der Waals surface area contributed by atoms with Gasteiger partial charge >= 0.3 is 0 Å². The van der Waals surface area contributed by atoms with Crippen LogP contribution in [0.15, 0.2) is 59.8 Å². The molecule has 4 heteroatoms. The molecule has 1 aliphatic heterocycles. The Morgan fingerprint density at radius 3 is 2.57 bits per heavy atom. The van der Waals surface area contributed by atoms with Gasteiger partial charge in [0.15, 0.2) is 5.78 Å². The minimum Gasteiger partial charge on any atom is -0.497 e. The normalized spacial score (nSPS) is 20.9. The van der Waals surface area contributed by atoms with E-state index in [1.54, 1.807) is 7.11 Å². The number of ketones is 1. The molecule has 30 heavy (non-hydrogen) atoms. The van der Waals surface area contributed by atoms with E-state index in [9.17, 15) is 9.59 Å². The predicted molar refractivity (Wildman–Crippen MR) is 119 cm³/mol. The van der Waals surface area contributed by atoms with E-state index in [0.717, 1.165) is 40.3 Å². The molecular formula is C26H29NO3. The lowest BCUT2D eigenvalue weighted by Crippen LogP contribution is -2.44. The van der Waals surface area contributed by atoms with E-state index in [0.29, 0.717) is 12.8 Å². The number of benzene rings is 2. The molecule has 156 valence electrons. The second kappa shape index (κ2) is 7.75. The summed E-state index contributed by atoms with van der Waals surface area (Å²) in [5.41, 5.74) is 4.49. The van der Waals surface area contributed by atoms with E-state index < -0.39 is 0 Å². The number of carbonyl (C=O) groups excluding carboxylic acids is 2. The summed E-state index contributed by atoms with van der Waals surface area (Å²) in [5, 5.41) is 0. The van der Waals surface area contributed by atoms with Crippen LogP contribution in [-0.4, -0.2) is 18.8 Å². The maximum Gasteiger partial charge on any atom is 0.232 e. The van der Waals surface area contributed by atoms with Gasteiger partial charge < -0.3 is 4.74 Å². The average Bonchev–Trinajstić information content (AvgIpc) is 2.72. The third-order valence-corrected chi connectivity index (χ3v) is 6.25. The summed E-state index contributed by atoms with van der Waals surface area (Å²) in [6.45, 7) is 6.31. The van der Waals surface area contributed by atoms with Gasteiger partial charge in [-0.2, -0.15) is 0 Å². The molecule has 0 saturated carbocycles. The van der Waals surface area contributed by atoms with Crippen molar-refractivity contribution in [2.75, 3.05) is 12.0 Å². The van der Waals surface area contributed by atoms with Crippen LogP contribution in [0.3, 0.4) is 0 Å². The number of allylic oxidation sites excluding steroid dienone is 2. The standard InChI is InChI=1S/C26H29NO3/c1-5-17-9-6-7-12-21(17)27-22-15-26(2,3)16-23(28)25(22)20(14-24(27)29)18-10-8-11-19(13-18)30-4/h6-13,20H,5,14-16H2,1-4H3. The maximum absolute atomic E-state index is 13.5. The summed E-state index contributed by atoms with van der Waals surface area (Å²) in [5.74, 6) is 0.717. The fourth-order valence-electron chi connectivity index (χ4n) is 4.87. The molecule has 1 atom stereocenters. The molecule has 0 bridgehead atoms. The summed E-state index contributed by atoms with van der Waals surface area (Å²) in [6, 6.07) is 15.8. The number of aryl methyl sites for hydroxylation is 1. The molecule has 4 nitrogen and oxygen atoms in total. The molecule has 0 radical (unpaired) electrons. The van der Waals surface area contributed by atoms with Crippen LogP contribution in [-0.2, 0) is 16.0 Å². The maximum atomic E-state index is 13.5. The van der Waals surface area contributed by atoms with Crippen molar-refractivity contribution in [3.8, 4) is 5.75 Å². The molecule has 2 aliphatic rings. The topological polar surface area (TPSA) is 46.6 Å². The monoisotopic (exact) mass is 403 g/mol. The van der Waals surface area contributed by atoms with Crippen molar-refractivity contribution >= 4 is 17.4 Å². The highest BCUT2D eigenvalue weighted by atomic mass is 16.5. The largest absolute Gasteiger partial charge is 0.497 e. The second-order valence-electron chi connectivity index (χ2n) is 9.05. The Bertz CT molecular complexity index is 1030. The van der Waals surface area contributed by atoms with Crippen LogP contribution >= 0.6 is 0 Å². The summed E-state index contributed by atoms with van der Waals surface area (Å²) >= 11 is 0. The Kier molecular flexibility index (Phi) is 5.27. The van der Waals surface area contributed by atoms with E-state index in [4.69, 9.17) is 4.74 Å². The Morgan fingerprint density at radius 2 is 1.83 bits per heavy atom. The van der Waals surface area contributed by atoms with Crippen molar-refractivity contribution in [3.05, 3.63) is 70.9 Å². The smallest absolute Gasteiger partial charge is 0.232 e. The number of para-hydroxylation sites is 1. The zero-order valence-electron chi connectivity index (χ0n) is 18.2. The van der Waals surface area contributed by atoms with Crippen LogP contribution in [0.4, 0.5) is 5.69 Å². The van der Waals surface area contributed by atoms with E-state index >= 15 is 0 Å². The van der Waals surface area contributed by atoms with E-state index in [1.165, 1.54) is 0 Å². The molecule has 1 unspecified atom stereocenters. The lowest BCUT2D eigenvalue weighted by Gasteiger charge is -2.43. The minimum atomic E-state index is -0.226. The lowest BCUT2D eigenvalue weighted by atomic mass is 9.69. The van der Waals surface area contributed by atoms with Gasteiger partial charge in [-0.05, 0) is 47.6 Å². The number of methoxy groups -OCH3 is 1. The van der Waals surface area contributed by atoms with Gasteiger partial charge in [0.1, 0.15) is 5.75 Å². The molecule has 0 fully saturated rings. The van der Waals surface area contributed by atoms with Gasteiger partial charge in [0.25, 0.3) is 0 Å². The van der Waals surface area contributed by atoms with Crippen LogP contribution in [0.1, 0.15) is 57.1 Å². The Morgan fingerprint density at radius 1 is 1.07 bits per heavy atom. The van der Waals surface area contributed by atoms with E-state index in [1.807, 2.05) is 47.4 Å². The first-order chi connectivity index (χ1) is 14.3. The number of Topliss-reactive ketones (excluding diaryl/α,β-unsaturated/α-hetero) is 1. The highest BCUT2D eigenvalue weighted by molar-refractivity contribution is 6.08. The van der Waals surface area contributed by atoms with Gasteiger partial charge in [-0.1, -0.05) is 51.1 Å². The molecule has 2 aromatic carbocycles. The van der Waals surface area contributed by atoms with Crippen LogP contribution in [0, 0.1) is 5.41 Å². The highest BCUT2D eigenvalue weighted by Crippen LogP contribution is 2.48. The fourth-order valence-corrected chi connectivity index (χ4v) is 4.87.